The predicted molar refractivity (Wildman–Crippen MR) is 114 cm³/mol. The van der Waals surface area contributed by atoms with Gasteiger partial charge in [-0.25, -0.2) is 0 Å². The highest BCUT2D eigenvalue weighted by molar-refractivity contribution is 7.99. The average Bonchev–Trinajstić information content (AvgIpc) is 3.17. The molecule has 0 unspecified atom stereocenters. The number of alkyl halides is 3. The van der Waals surface area contributed by atoms with Crippen LogP contribution in [-0.2, 0) is 6.18 Å². The maximum absolute atomic E-state index is 13.0. The van der Waals surface area contributed by atoms with Crippen LogP contribution in [0.3, 0.4) is 0 Å². The Morgan fingerprint density at radius 2 is 1.66 bits per heavy atom. The van der Waals surface area contributed by atoms with Crippen LogP contribution >= 0.6 is 23.4 Å². The van der Waals surface area contributed by atoms with Crippen molar-refractivity contribution in [3.05, 3.63) is 93.5 Å². The molecule has 0 saturated carbocycles. The van der Waals surface area contributed by atoms with E-state index < -0.39 is 22.4 Å². The highest BCUT2D eigenvalue weighted by atomic mass is 35.5. The van der Waals surface area contributed by atoms with Gasteiger partial charge in [-0.3, -0.25) is 14.7 Å². The van der Waals surface area contributed by atoms with Crippen molar-refractivity contribution in [3.8, 4) is 17.1 Å². The Hall–Kier alpha value is -3.37. The Morgan fingerprint density at radius 1 is 0.969 bits per heavy atom. The number of nitro groups is 1. The molecule has 1 aromatic heterocycles. The summed E-state index contributed by atoms with van der Waals surface area (Å²) in [6.45, 7) is 0. The molecule has 4 rings (SSSR count). The maximum Gasteiger partial charge on any atom is 0.416 e. The van der Waals surface area contributed by atoms with Crippen molar-refractivity contribution >= 4 is 29.1 Å². The van der Waals surface area contributed by atoms with Crippen LogP contribution in [0.2, 0.25) is 5.02 Å². The van der Waals surface area contributed by atoms with E-state index in [2.05, 4.69) is 10.2 Å². The first-order valence-electron chi connectivity index (χ1n) is 9.04. The van der Waals surface area contributed by atoms with Gasteiger partial charge in [0.2, 0.25) is 5.16 Å². The summed E-state index contributed by atoms with van der Waals surface area (Å²) in [4.78, 5) is 10.6. The molecule has 162 valence electrons. The van der Waals surface area contributed by atoms with Gasteiger partial charge in [-0.05, 0) is 60.3 Å². The van der Waals surface area contributed by atoms with E-state index in [0.29, 0.717) is 28.2 Å². The third-order valence-corrected chi connectivity index (χ3v) is 5.70. The second kappa shape index (κ2) is 8.64. The van der Waals surface area contributed by atoms with E-state index in [9.17, 15) is 23.3 Å². The molecular weight excluding hydrogens is 465 g/mol. The molecule has 0 bridgehead atoms. The van der Waals surface area contributed by atoms with Crippen molar-refractivity contribution in [2.24, 2.45) is 0 Å². The fraction of sp³-hybridized carbons (Fsp3) is 0.0476. The Kier molecular flexibility index (Phi) is 5.90. The number of nitrogens with zero attached hydrogens (tertiary/aromatic N) is 4. The summed E-state index contributed by atoms with van der Waals surface area (Å²) in [7, 11) is 0. The van der Waals surface area contributed by atoms with Crippen LogP contribution in [0.25, 0.3) is 17.1 Å². The van der Waals surface area contributed by atoms with E-state index in [4.69, 9.17) is 11.6 Å². The monoisotopic (exact) mass is 476 g/mol. The molecule has 11 heteroatoms. The van der Waals surface area contributed by atoms with E-state index >= 15 is 0 Å². The Labute approximate surface area is 188 Å². The SMILES string of the molecule is O=[N+]([O-])c1cc(C(F)(F)F)ccc1Sc1nnc(-c2ccc(Cl)cc2)n1-c1ccccc1. The van der Waals surface area contributed by atoms with Crippen LogP contribution < -0.4 is 0 Å². The van der Waals surface area contributed by atoms with Crippen LogP contribution in [0.15, 0.2) is 82.8 Å². The molecule has 4 aromatic rings. The second-order valence-electron chi connectivity index (χ2n) is 6.52. The summed E-state index contributed by atoms with van der Waals surface area (Å²) in [5.41, 5.74) is -0.389. The number of hydrogen-bond donors (Lipinski definition) is 0. The van der Waals surface area contributed by atoms with Crippen LogP contribution in [-0.4, -0.2) is 19.7 Å². The zero-order valence-electron chi connectivity index (χ0n) is 16.0. The van der Waals surface area contributed by atoms with Gasteiger partial charge in [0.25, 0.3) is 5.69 Å². The molecule has 32 heavy (non-hydrogen) atoms. The minimum atomic E-state index is -4.69. The Bertz CT molecular complexity index is 1280. The van der Waals surface area contributed by atoms with E-state index in [1.807, 2.05) is 6.07 Å². The second-order valence-corrected chi connectivity index (χ2v) is 7.97. The first kappa shape index (κ1) is 21.8. The quantitative estimate of drug-likeness (QED) is 0.238. The van der Waals surface area contributed by atoms with Gasteiger partial charge in [0.05, 0.1) is 15.4 Å². The van der Waals surface area contributed by atoms with Crippen molar-refractivity contribution in [2.75, 3.05) is 0 Å². The predicted octanol–water partition coefficient (Wildman–Crippen LogP) is 6.67. The summed E-state index contributed by atoms with van der Waals surface area (Å²) in [6, 6.07) is 18.3. The Balaban J connectivity index is 1.83. The lowest BCUT2D eigenvalue weighted by Crippen LogP contribution is -2.06. The highest BCUT2D eigenvalue weighted by Crippen LogP contribution is 2.40. The number of hydrogen-bond acceptors (Lipinski definition) is 5. The number of rotatable bonds is 5. The molecule has 0 aliphatic carbocycles. The van der Waals surface area contributed by atoms with Crippen molar-refractivity contribution in [1.82, 2.24) is 14.8 Å². The number of benzene rings is 3. The van der Waals surface area contributed by atoms with Crippen LogP contribution in [0.5, 0.6) is 0 Å². The molecule has 0 fully saturated rings. The number of nitro benzene ring substituents is 1. The van der Waals surface area contributed by atoms with Crippen molar-refractivity contribution in [2.45, 2.75) is 16.2 Å². The van der Waals surface area contributed by atoms with Gasteiger partial charge in [-0.15, -0.1) is 10.2 Å². The molecular formula is C21H12ClF3N4O2S. The first-order valence-corrected chi connectivity index (χ1v) is 10.2. The number of halogens is 4. The molecule has 0 amide bonds. The van der Waals surface area contributed by atoms with Crippen molar-refractivity contribution in [1.29, 1.82) is 0 Å². The normalized spacial score (nSPS) is 11.5. The van der Waals surface area contributed by atoms with Crippen molar-refractivity contribution in [3.63, 3.8) is 0 Å². The third-order valence-electron chi connectivity index (χ3n) is 4.43. The maximum atomic E-state index is 13.0. The molecule has 1 heterocycles. The van der Waals surface area contributed by atoms with Crippen LogP contribution in [0, 0.1) is 10.1 Å². The lowest BCUT2D eigenvalue weighted by Gasteiger charge is -2.11. The fourth-order valence-electron chi connectivity index (χ4n) is 2.95. The van der Waals surface area contributed by atoms with E-state index in [-0.39, 0.29) is 10.1 Å². The lowest BCUT2D eigenvalue weighted by molar-refractivity contribution is -0.388. The van der Waals surface area contributed by atoms with Gasteiger partial charge in [-0.2, -0.15) is 13.2 Å². The summed E-state index contributed by atoms with van der Waals surface area (Å²) in [6.07, 6.45) is -4.69. The molecule has 3 aromatic carbocycles. The summed E-state index contributed by atoms with van der Waals surface area (Å²) in [5.74, 6) is 0.449. The molecule has 0 saturated heterocycles. The van der Waals surface area contributed by atoms with Gasteiger partial charge in [-0.1, -0.05) is 29.8 Å². The van der Waals surface area contributed by atoms with Crippen molar-refractivity contribution < 1.29 is 18.1 Å². The topological polar surface area (TPSA) is 73.8 Å². The fourth-order valence-corrected chi connectivity index (χ4v) is 4.01. The minimum absolute atomic E-state index is 0.00948. The molecule has 0 spiro atoms. The van der Waals surface area contributed by atoms with E-state index in [1.54, 1.807) is 53.1 Å². The molecule has 0 N–H and O–H groups in total. The van der Waals surface area contributed by atoms with Crippen LogP contribution in [0.4, 0.5) is 18.9 Å². The smallest absolute Gasteiger partial charge is 0.270 e. The molecule has 0 aliphatic heterocycles. The summed E-state index contributed by atoms with van der Waals surface area (Å²) >= 11 is 6.83. The third kappa shape index (κ3) is 4.46. The minimum Gasteiger partial charge on any atom is -0.270 e. The number of aromatic nitrogens is 3. The zero-order chi connectivity index (χ0) is 22.9. The van der Waals surface area contributed by atoms with Gasteiger partial charge >= 0.3 is 6.18 Å². The largest absolute Gasteiger partial charge is 0.416 e. The Morgan fingerprint density at radius 3 is 2.28 bits per heavy atom. The van der Waals surface area contributed by atoms with Gasteiger partial charge in [0.1, 0.15) is 0 Å². The molecule has 6 nitrogen and oxygen atoms in total. The molecule has 0 atom stereocenters. The summed E-state index contributed by atoms with van der Waals surface area (Å²) < 4.78 is 40.8. The molecule has 0 aliphatic rings. The highest BCUT2D eigenvalue weighted by Gasteiger charge is 2.33. The van der Waals surface area contributed by atoms with Gasteiger partial charge in [0.15, 0.2) is 5.82 Å². The lowest BCUT2D eigenvalue weighted by atomic mass is 10.2. The van der Waals surface area contributed by atoms with Crippen LogP contribution in [0.1, 0.15) is 5.56 Å². The van der Waals surface area contributed by atoms with E-state index in [1.165, 1.54) is 0 Å². The van der Waals surface area contributed by atoms with Gasteiger partial charge in [0, 0.05) is 22.3 Å². The first-order chi connectivity index (χ1) is 15.2. The average molecular weight is 477 g/mol. The standard InChI is InChI=1S/C21H12ClF3N4O2S/c22-15-9-6-13(7-10-15)19-26-27-20(28(19)16-4-2-1-3-5-16)32-18-11-8-14(21(23,24)25)12-17(18)29(30)31/h1-12H. The summed E-state index contributed by atoms with van der Waals surface area (Å²) in [5, 5.41) is 20.6. The zero-order valence-corrected chi connectivity index (χ0v) is 17.5. The van der Waals surface area contributed by atoms with Gasteiger partial charge < -0.3 is 0 Å². The molecule has 0 radical (unpaired) electrons. The van der Waals surface area contributed by atoms with E-state index in [0.717, 1.165) is 23.9 Å². The number of para-hydroxylation sites is 1.